The number of carbonyl (C=O) groups is 1. The Labute approximate surface area is 135 Å². The van der Waals surface area contributed by atoms with Crippen molar-refractivity contribution >= 4 is 5.78 Å². The Morgan fingerprint density at radius 2 is 1.95 bits per heavy atom. The molecule has 2 rings (SSSR count). The van der Waals surface area contributed by atoms with Crippen LogP contribution in [0.5, 0.6) is 0 Å². The van der Waals surface area contributed by atoms with Gasteiger partial charge >= 0.3 is 0 Å². The number of Topliss-reactive ketones (excluding diaryl/α,β-unsaturated/α-hetero) is 1. The van der Waals surface area contributed by atoms with E-state index in [4.69, 9.17) is 0 Å². The molecule has 0 atom stereocenters. The van der Waals surface area contributed by atoms with Crippen LogP contribution in [-0.2, 0) is 0 Å². The van der Waals surface area contributed by atoms with Crippen molar-refractivity contribution in [3.63, 3.8) is 0 Å². The van der Waals surface area contributed by atoms with Crippen LogP contribution in [0.2, 0.25) is 0 Å². The van der Waals surface area contributed by atoms with Crippen LogP contribution >= 0.6 is 0 Å². The molecule has 0 bridgehead atoms. The highest BCUT2D eigenvalue weighted by Crippen LogP contribution is 2.32. The predicted molar refractivity (Wildman–Crippen MR) is 92.8 cm³/mol. The zero-order valence-corrected chi connectivity index (χ0v) is 14.8. The topological polar surface area (TPSA) is 25.2 Å². The lowest BCUT2D eigenvalue weighted by atomic mass is 9.95. The van der Waals surface area contributed by atoms with Crippen LogP contribution in [0.25, 0.3) is 0 Å². The van der Waals surface area contributed by atoms with Gasteiger partial charge in [-0.3, -0.25) is 9.69 Å². The maximum Gasteiger partial charge on any atom is 0.178 e. The van der Waals surface area contributed by atoms with Crippen molar-refractivity contribution in [2.45, 2.75) is 71.8 Å². The van der Waals surface area contributed by atoms with Crippen LogP contribution in [0.1, 0.15) is 79.7 Å². The summed E-state index contributed by atoms with van der Waals surface area (Å²) in [5.41, 5.74) is 3.37. The van der Waals surface area contributed by atoms with E-state index in [1.165, 1.54) is 49.9 Å². The second-order valence-corrected chi connectivity index (χ2v) is 6.96. The van der Waals surface area contributed by atoms with Gasteiger partial charge < -0.3 is 4.57 Å². The van der Waals surface area contributed by atoms with Gasteiger partial charge in [-0.05, 0) is 52.8 Å². The van der Waals surface area contributed by atoms with Gasteiger partial charge in [0.2, 0.25) is 0 Å². The SMILES string of the molecule is CCCCN(C)CC(=O)c1cc(C)n(C2CCCCC2)c1C. The summed E-state index contributed by atoms with van der Waals surface area (Å²) >= 11 is 0. The average molecular weight is 304 g/mol. The molecule has 0 radical (unpaired) electrons. The van der Waals surface area contributed by atoms with E-state index < -0.39 is 0 Å². The van der Waals surface area contributed by atoms with Gasteiger partial charge in [-0.2, -0.15) is 0 Å². The van der Waals surface area contributed by atoms with Gasteiger partial charge in [0.25, 0.3) is 0 Å². The fourth-order valence-corrected chi connectivity index (χ4v) is 3.80. The summed E-state index contributed by atoms with van der Waals surface area (Å²) in [5, 5.41) is 0. The molecule has 0 aliphatic heterocycles. The van der Waals surface area contributed by atoms with Gasteiger partial charge in [0.15, 0.2) is 5.78 Å². The molecule has 0 N–H and O–H groups in total. The monoisotopic (exact) mass is 304 g/mol. The Balaban J connectivity index is 2.09. The third-order valence-electron chi connectivity index (χ3n) is 5.03. The number of aryl methyl sites for hydroxylation is 1. The molecule has 124 valence electrons. The lowest BCUT2D eigenvalue weighted by Crippen LogP contribution is -2.27. The number of nitrogens with zero attached hydrogens (tertiary/aromatic N) is 2. The van der Waals surface area contributed by atoms with Crippen molar-refractivity contribution in [2.75, 3.05) is 20.1 Å². The Hall–Kier alpha value is -1.09. The van der Waals surface area contributed by atoms with Crippen LogP contribution in [0.4, 0.5) is 0 Å². The lowest BCUT2D eigenvalue weighted by Gasteiger charge is -2.26. The molecule has 0 aromatic carbocycles. The molecule has 0 spiro atoms. The smallest absolute Gasteiger partial charge is 0.178 e. The fourth-order valence-electron chi connectivity index (χ4n) is 3.80. The van der Waals surface area contributed by atoms with E-state index in [1.807, 2.05) is 7.05 Å². The van der Waals surface area contributed by atoms with Gasteiger partial charge in [0, 0.05) is 23.0 Å². The van der Waals surface area contributed by atoms with Crippen molar-refractivity contribution < 1.29 is 4.79 Å². The van der Waals surface area contributed by atoms with E-state index in [1.54, 1.807) is 0 Å². The highest BCUT2D eigenvalue weighted by molar-refractivity contribution is 5.99. The Morgan fingerprint density at radius 3 is 2.59 bits per heavy atom. The van der Waals surface area contributed by atoms with Crippen LogP contribution < -0.4 is 0 Å². The number of carbonyl (C=O) groups excluding carboxylic acids is 1. The molecule has 1 aromatic heterocycles. The molecular formula is C19H32N2O. The Bertz CT molecular complexity index is 498. The predicted octanol–water partition coefficient (Wildman–Crippen LogP) is 4.52. The molecule has 0 unspecified atom stereocenters. The van der Waals surface area contributed by atoms with E-state index in [2.05, 4.69) is 36.3 Å². The normalized spacial score (nSPS) is 16.4. The summed E-state index contributed by atoms with van der Waals surface area (Å²) in [7, 11) is 2.05. The summed E-state index contributed by atoms with van der Waals surface area (Å²) in [6, 6.07) is 2.72. The fraction of sp³-hybridized carbons (Fsp3) is 0.737. The number of hydrogen-bond donors (Lipinski definition) is 0. The molecule has 1 saturated carbocycles. The summed E-state index contributed by atoms with van der Waals surface area (Å²) in [6.07, 6.45) is 8.87. The van der Waals surface area contributed by atoms with Gasteiger partial charge in [0.1, 0.15) is 0 Å². The molecule has 1 aromatic rings. The number of aromatic nitrogens is 1. The first-order valence-corrected chi connectivity index (χ1v) is 8.94. The quantitative estimate of drug-likeness (QED) is 0.692. The molecule has 1 heterocycles. The second kappa shape index (κ2) is 7.96. The summed E-state index contributed by atoms with van der Waals surface area (Å²) < 4.78 is 2.43. The van der Waals surface area contributed by atoms with Gasteiger partial charge in [-0.1, -0.05) is 32.6 Å². The van der Waals surface area contributed by atoms with Crippen molar-refractivity contribution in [3.8, 4) is 0 Å². The average Bonchev–Trinajstić information content (AvgIpc) is 2.81. The lowest BCUT2D eigenvalue weighted by molar-refractivity contribution is 0.0944. The Morgan fingerprint density at radius 1 is 1.27 bits per heavy atom. The first-order valence-electron chi connectivity index (χ1n) is 8.94. The number of unbranched alkanes of at least 4 members (excludes halogenated alkanes) is 1. The van der Waals surface area contributed by atoms with E-state index in [0.29, 0.717) is 12.6 Å². The van der Waals surface area contributed by atoms with E-state index in [0.717, 1.165) is 18.5 Å². The largest absolute Gasteiger partial charge is 0.345 e. The zero-order chi connectivity index (χ0) is 16.1. The molecule has 1 aliphatic carbocycles. The van der Waals surface area contributed by atoms with Crippen LogP contribution in [-0.4, -0.2) is 35.4 Å². The molecule has 3 nitrogen and oxygen atoms in total. The van der Waals surface area contributed by atoms with Crippen LogP contribution in [0.15, 0.2) is 6.07 Å². The summed E-state index contributed by atoms with van der Waals surface area (Å²) in [4.78, 5) is 14.8. The van der Waals surface area contributed by atoms with Gasteiger partial charge in [-0.15, -0.1) is 0 Å². The molecule has 0 amide bonds. The number of likely N-dealkylation sites (N-methyl/N-ethyl adjacent to an activating group) is 1. The third-order valence-corrected chi connectivity index (χ3v) is 5.03. The highest BCUT2D eigenvalue weighted by atomic mass is 16.1. The number of rotatable bonds is 7. The van der Waals surface area contributed by atoms with Crippen LogP contribution in [0.3, 0.4) is 0 Å². The number of ketones is 1. The van der Waals surface area contributed by atoms with Crippen molar-refractivity contribution in [1.29, 1.82) is 0 Å². The molecule has 0 saturated heterocycles. The van der Waals surface area contributed by atoms with Crippen molar-refractivity contribution in [1.82, 2.24) is 9.47 Å². The van der Waals surface area contributed by atoms with Crippen LogP contribution in [0, 0.1) is 13.8 Å². The first kappa shape index (κ1) is 17.3. The molecular weight excluding hydrogens is 272 g/mol. The van der Waals surface area contributed by atoms with Crippen molar-refractivity contribution in [2.24, 2.45) is 0 Å². The van der Waals surface area contributed by atoms with Gasteiger partial charge in [-0.25, -0.2) is 0 Å². The van der Waals surface area contributed by atoms with Gasteiger partial charge in [0.05, 0.1) is 6.54 Å². The summed E-state index contributed by atoms with van der Waals surface area (Å²) in [5.74, 6) is 0.272. The summed E-state index contributed by atoms with van der Waals surface area (Å²) in [6.45, 7) is 8.01. The minimum atomic E-state index is 0.272. The Kier molecular flexibility index (Phi) is 6.25. The van der Waals surface area contributed by atoms with E-state index in [-0.39, 0.29) is 5.78 Å². The number of hydrogen-bond acceptors (Lipinski definition) is 2. The van der Waals surface area contributed by atoms with E-state index in [9.17, 15) is 4.79 Å². The first-order chi connectivity index (χ1) is 10.5. The second-order valence-electron chi connectivity index (χ2n) is 6.96. The molecule has 22 heavy (non-hydrogen) atoms. The minimum absolute atomic E-state index is 0.272. The maximum absolute atomic E-state index is 12.6. The van der Waals surface area contributed by atoms with E-state index >= 15 is 0 Å². The highest BCUT2D eigenvalue weighted by Gasteiger charge is 2.22. The third kappa shape index (κ3) is 4.01. The standard InChI is InChI=1S/C19H32N2O/c1-5-6-12-20(4)14-19(22)18-13-15(2)21(16(18)3)17-10-8-7-9-11-17/h13,17H,5-12,14H2,1-4H3. The van der Waals surface area contributed by atoms with Crippen molar-refractivity contribution in [3.05, 3.63) is 23.0 Å². The molecule has 3 heteroatoms. The minimum Gasteiger partial charge on any atom is -0.345 e. The zero-order valence-electron chi connectivity index (χ0n) is 14.8. The molecule has 1 aliphatic rings. The molecule has 1 fully saturated rings. The maximum atomic E-state index is 12.6.